The number of hydrogen-bond acceptors (Lipinski definition) is 4. The number of likely N-dealkylation sites (tertiary alicyclic amines) is 1. The van der Waals surface area contributed by atoms with Crippen LogP contribution in [0.1, 0.15) is 25.0 Å². The molecule has 2 rings (SSSR count). The lowest BCUT2D eigenvalue weighted by molar-refractivity contribution is 0.186. The number of aromatic nitrogens is 2. The van der Waals surface area contributed by atoms with E-state index in [-0.39, 0.29) is 0 Å². The van der Waals surface area contributed by atoms with Crippen LogP contribution in [-0.2, 0) is 11.3 Å². The number of methoxy groups -OCH3 is 1. The van der Waals surface area contributed by atoms with Gasteiger partial charge < -0.3 is 19.5 Å². The van der Waals surface area contributed by atoms with Gasteiger partial charge in [0.1, 0.15) is 0 Å². The quantitative estimate of drug-likeness (QED) is 0.851. The van der Waals surface area contributed by atoms with Crippen LogP contribution in [0.4, 0.5) is 5.95 Å². The van der Waals surface area contributed by atoms with E-state index < -0.39 is 0 Å². The van der Waals surface area contributed by atoms with Crippen LogP contribution in [0, 0.1) is 6.92 Å². The molecular formula is C14H26N4O. The second-order valence-electron chi connectivity index (χ2n) is 5.40. The van der Waals surface area contributed by atoms with Crippen LogP contribution in [-0.4, -0.2) is 54.3 Å². The minimum Gasteiger partial charge on any atom is -0.383 e. The summed E-state index contributed by atoms with van der Waals surface area (Å²) >= 11 is 0. The summed E-state index contributed by atoms with van der Waals surface area (Å²) in [4.78, 5) is 7.00. The van der Waals surface area contributed by atoms with Crippen molar-refractivity contribution in [3.8, 4) is 0 Å². The summed E-state index contributed by atoms with van der Waals surface area (Å²) in [5.41, 5.74) is 1.05. The van der Waals surface area contributed by atoms with Crippen LogP contribution in [0.15, 0.2) is 6.20 Å². The van der Waals surface area contributed by atoms with E-state index >= 15 is 0 Å². The number of anilines is 1. The van der Waals surface area contributed by atoms with Crippen molar-refractivity contribution in [1.82, 2.24) is 14.5 Å². The number of rotatable bonds is 6. The Balaban J connectivity index is 1.90. The monoisotopic (exact) mass is 266 g/mol. The van der Waals surface area contributed by atoms with Crippen molar-refractivity contribution < 1.29 is 4.74 Å². The molecule has 5 nitrogen and oxygen atoms in total. The van der Waals surface area contributed by atoms with Crippen molar-refractivity contribution in [1.29, 1.82) is 0 Å². The highest BCUT2D eigenvalue weighted by molar-refractivity contribution is 5.29. The SMILES string of the molecule is COCCn1cc(C)nc1NCC1CCCCN1C. The molecule has 1 fully saturated rings. The van der Waals surface area contributed by atoms with Gasteiger partial charge >= 0.3 is 0 Å². The Hall–Kier alpha value is -1.07. The number of likely N-dealkylation sites (N-methyl/N-ethyl adjacent to an activating group) is 1. The Labute approximate surface area is 116 Å². The van der Waals surface area contributed by atoms with E-state index in [1.807, 2.05) is 6.92 Å². The van der Waals surface area contributed by atoms with Crippen LogP contribution in [0.3, 0.4) is 0 Å². The number of piperidine rings is 1. The molecule has 0 bridgehead atoms. The summed E-state index contributed by atoms with van der Waals surface area (Å²) in [6, 6.07) is 0.627. The molecule has 0 aromatic carbocycles. The Morgan fingerprint density at radius 1 is 1.47 bits per heavy atom. The standard InChI is InChI=1S/C14H26N4O/c1-12-11-18(8-9-19-3)14(16-12)15-10-13-6-4-5-7-17(13)2/h11,13H,4-10H2,1-3H3,(H,15,16). The number of nitrogens with one attached hydrogen (secondary N) is 1. The summed E-state index contributed by atoms with van der Waals surface area (Å²) in [7, 11) is 3.95. The molecule has 0 spiro atoms. The first-order chi connectivity index (χ1) is 9.20. The minimum absolute atomic E-state index is 0.627. The van der Waals surface area contributed by atoms with Gasteiger partial charge in [0.2, 0.25) is 5.95 Å². The van der Waals surface area contributed by atoms with Crippen molar-refractivity contribution in [3.05, 3.63) is 11.9 Å². The lowest BCUT2D eigenvalue weighted by atomic mass is 10.0. The fourth-order valence-corrected chi connectivity index (χ4v) is 2.66. The third-order valence-electron chi connectivity index (χ3n) is 3.85. The van der Waals surface area contributed by atoms with Gasteiger partial charge in [0.15, 0.2) is 0 Å². The van der Waals surface area contributed by atoms with Crippen molar-refractivity contribution in [2.75, 3.05) is 39.2 Å². The molecule has 1 aromatic heterocycles. The molecule has 19 heavy (non-hydrogen) atoms. The molecule has 1 aliphatic heterocycles. The van der Waals surface area contributed by atoms with Crippen molar-refractivity contribution in [3.63, 3.8) is 0 Å². The van der Waals surface area contributed by atoms with Gasteiger partial charge in [-0.2, -0.15) is 0 Å². The van der Waals surface area contributed by atoms with E-state index in [0.29, 0.717) is 12.6 Å². The van der Waals surface area contributed by atoms with Gasteiger partial charge in [-0.15, -0.1) is 0 Å². The summed E-state index contributed by atoms with van der Waals surface area (Å²) in [5, 5.41) is 3.50. The fourth-order valence-electron chi connectivity index (χ4n) is 2.66. The van der Waals surface area contributed by atoms with Crippen LogP contribution < -0.4 is 5.32 Å². The van der Waals surface area contributed by atoms with E-state index in [1.54, 1.807) is 7.11 Å². The molecule has 1 aliphatic rings. The summed E-state index contributed by atoms with van der Waals surface area (Å²) in [5.74, 6) is 0.966. The maximum absolute atomic E-state index is 5.14. The predicted molar refractivity (Wildman–Crippen MR) is 77.6 cm³/mol. The summed E-state index contributed by atoms with van der Waals surface area (Å²) in [6.07, 6.45) is 6.02. The summed E-state index contributed by atoms with van der Waals surface area (Å²) in [6.45, 7) is 5.78. The highest BCUT2D eigenvalue weighted by atomic mass is 16.5. The first kappa shape index (κ1) is 14.3. The Bertz CT molecular complexity index is 391. The van der Waals surface area contributed by atoms with E-state index in [4.69, 9.17) is 4.74 Å². The Morgan fingerprint density at radius 2 is 2.32 bits per heavy atom. The van der Waals surface area contributed by atoms with Gasteiger partial charge in [-0.25, -0.2) is 4.98 Å². The van der Waals surface area contributed by atoms with Crippen LogP contribution in [0.5, 0.6) is 0 Å². The molecule has 0 saturated carbocycles. The number of aryl methyl sites for hydroxylation is 1. The molecule has 0 radical (unpaired) electrons. The molecule has 0 aliphatic carbocycles. The van der Waals surface area contributed by atoms with Crippen molar-refractivity contribution in [2.45, 2.75) is 38.8 Å². The lowest BCUT2D eigenvalue weighted by Crippen LogP contribution is -2.41. The lowest BCUT2D eigenvalue weighted by Gasteiger charge is -2.32. The van der Waals surface area contributed by atoms with E-state index in [0.717, 1.165) is 24.7 Å². The average molecular weight is 266 g/mol. The van der Waals surface area contributed by atoms with Crippen LogP contribution in [0.2, 0.25) is 0 Å². The van der Waals surface area contributed by atoms with Gasteiger partial charge in [-0.05, 0) is 33.4 Å². The van der Waals surface area contributed by atoms with Crippen molar-refractivity contribution >= 4 is 5.95 Å². The Morgan fingerprint density at radius 3 is 3.05 bits per heavy atom. The molecular weight excluding hydrogens is 240 g/mol. The molecule has 1 atom stereocenters. The molecule has 1 unspecified atom stereocenters. The maximum atomic E-state index is 5.14. The normalized spacial score (nSPS) is 20.7. The highest BCUT2D eigenvalue weighted by Gasteiger charge is 2.19. The average Bonchev–Trinajstić information content (AvgIpc) is 2.76. The van der Waals surface area contributed by atoms with Gasteiger partial charge in [0.05, 0.1) is 12.3 Å². The zero-order valence-corrected chi connectivity index (χ0v) is 12.4. The molecule has 1 N–H and O–H groups in total. The number of nitrogens with zero attached hydrogens (tertiary/aromatic N) is 3. The zero-order chi connectivity index (χ0) is 13.7. The third kappa shape index (κ3) is 3.94. The second kappa shape index (κ2) is 6.91. The number of imidazole rings is 1. The van der Waals surface area contributed by atoms with E-state index in [2.05, 4.69) is 33.0 Å². The van der Waals surface area contributed by atoms with Gasteiger partial charge in [-0.1, -0.05) is 6.42 Å². The number of ether oxygens (including phenoxy) is 1. The topological polar surface area (TPSA) is 42.3 Å². The first-order valence-corrected chi connectivity index (χ1v) is 7.17. The Kier molecular flexibility index (Phi) is 5.22. The molecule has 108 valence electrons. The predicted octanol–water partition coefficient (Wildman–Crippen LogP) is 1.73. The largest absolute Gasteiger partial charge is 0.383 e. The first-order valence-electron chi connectivity index (χ1n) is 7.17. The maximum Gasteiger partial charge on any atom is 0.203 e. The van der Waals surface area contributed by atoms with Gasteiger partial charge in [0.25, 0.3) is 0 Å². The minimum atomic E-state index is 0.627. The van der Waals surface area contributed by atoms with Crippen molar-refractivity contribution in [2.24, 2.45) is 0 Å². The van der Waals surface area contributed by atoms with Gasteiger partial charge in [0, 0.05) is 32.4 Å². The molecule has 1 aromatic rings. The van der Waals surface area contributed by atoms with E-state index in [9.17, 15) is 0 Å². The zero-order valence-electron chi connectivity index (χ0n) is 12.4. The molecule has 0 amide bonds. The van der Waals surface area contributed by atoms with Gasteiger partial charge in [-0.3, -0.25) is 0 Å². The highest BCUT2D eigenvalue weighted by Crippen LogP contribution is 2.16. The van der Waals surface area contributed by atoms with E-state index in [1.165, 1.54) is 25.8 Å². The third-order valence-corrected chi connectivity index (χ3v) is 3.85. The van der Waals surface area contributed by atoms with Crippen LogP contribution in [0.25, 0.3) is 0 Å². The fraction of sp³-hybridized carbons (Fsp3) is 0.786. The molecule has 2 heterocycles. The second-order valence-corrected chi connectivity index (χ2v) is 5.40. The smallest absolute Gasteiger partial charge is 0.203 e. The molecule has 1 saturated heterocycles. The summed E-state index contributed by atoms with van der Waals surface area (Å²) < 4.78 is 7.28. The number of hydrogen-bond donors (Lipinski definition) is 1. The van der Waals surface area contributed by atoms with Crippen LogP contribution >= 0.6 is 0 Å². The molecule has 5 heteroatoms.